The Morgan fingerprint density at radius 2 is 1.93 bits per heavy atom. The second-order valence-corrected chi connectivity index (χ2v) is 7.72. The molecule has 0 amide bonds. The molecule has 3 rings (SSSR count). The number of hydrogen-bond donors (Lipinski definition) is 2. The first-order valence-corrected chi connectivity index (χ1v) is 9.44. The molecule has 2 aliphatic heterocycles. The highest BCUT2D eigenvalue weighted by molar-refractivity contribution is 6.33. The summed E-state index contributed by atoms with van der Waals surface area (Å²) in [7, 11) is 0. The molecule has 2 aliphatic rings. The summed E-state index contributed by atoms with van der Waals surface area (Å²) >= 11 is 6.13. The first-order chi connectivity index (χ1) is 12.8. The Bertz CT molecular complexity index is 785. The number of ketones is 1. The fourth-order valence-electron chi connectivity index (χ4n) is 3.31. The molecule has 7 heteroatoms. The normalized spacial score (nSPS) is 27.3. The van der Waals surface area contributed by atoms with Gasteiger partial charge >= 0.3 is 5.97 Å². The highest BCUT2D eigenvalue weighted by Gasteiger charge is 2.41. The number of fused-ring (bicyclic) bond motifs is 2. The number of phenolic OH excluding ortho intramolecular Hbond substituents is 2. The van der Waals surface area contributed by atoms with E-state index in [0.717, 1.165) is 12.5 Å². The van der Waals surface area contributed by atoms with Crippen LogP contribution in [0.15, 0.2) is 18.2 Å². The zero-order valence-electron chi connectivity index (χ0n) is 15.3. The second-order valence-electron chi connectivity index (χ2n) is 7.34. The van der Waals surface area contributed by atoms with Gasteiger partial charge in [-0.1, -0.05) is 31.5 Å². The summed E-state index contributed by atoms with van der Waals surface area (Å²) in [5.74, 6) is -1.88. The number of aromatic hydroxyl groups is 2. The summed E-state index contributed by atoms with van der Waals surface area (Å²) in [5, 5.41) is 20.0. The molecule has 1 fully saturated rings. The summed E-state index contributed by atoms with van der Waals surface area (Å²) < 4.78 is 11.3. The molecular weight excluding hydrogens is 372 g/mol. The molecule has 0 bridgehead atoms. The van der Waals surface area contributed by atoms with Crippen LogP contribution in [-0.2, 0) is 20.7 Å². The number of rotatable bonds is 1. The Kier molecular flexibility index (Phi) is 5.77. The zero-order chi connectivity index (χ0) is 19.7. The molecule has 1 aromatic carbocycles. The Labute approximate surface area is 162 Å². The molecule has 2 N–H and O–H groups in total. The minimum absolute atomic E-state index is 0.0220. The van der Waals surface area contributed by atoms with Crippen molar-refractivity contribution in [2.45, 2.75) is 57.8 Å². The molecule has 6 nitrogen and oxygen atoms in total. The fourth-order valence-corrected chi connectivity index (χ4v) is 3.52. The van der Waals surface area contributed by atoms with Crippen molar-refractivity contribution in [3.8, 4) is 11.5 Å². The lowest BCUT2D eigenvalue weighted by atomic mass is 9.97. The number of carbonyl (C=O) groups excluding carboxylic acids is 2. The first kappa shape index (κ1) is 19.7. The predicted molar refractivity (Wildman–Crippen MR) is 99.2 cm³/mol. The molecule has 0 saturated carbocycles. The SMILES string of the molecule is CC(C)[C@@H]1C[C@H]2O[C@@H]2CC/C=C/C(=O)Cc2c(Cl)c(O)cc(O)c2C(=O)O1. The average molecular weight is 395 g/mol. The van der Waals surface area contributed by atoms with Crippen LogP contribution in [0.2, 0.25) is 5.02 Å². The maximum absolute atomic E-state index is 12.8. The maximum Gasteiger partial charge on any atom is 0.342 e. The summed E-state index contributed by atoms with van der Waals surface area (Å²) in [6, 6.07) is 0.982. The van der Waals surface area contributed by atoms with E-state index in [2.05, 4.69) is 0 Å². The predicted octanol–water partition coefficient (Wildman–Crippen LogP) is 3.55. The van der Waals surface area contributed by atoms with Gasteiger partial charge in [-0.15, -0.1) is 0 Å². The number of phenols is 2. The average Bonchev–Trinajstić information content (AvgIpc) is 3.33. The Balaban J connectivity index is 2.00. The van der Waals surface area contributed by atoms with E-state index < -0.39 is 23.6 Å². The van der Waals surface area contributed by atoms with E-state index in [1.807, 2.05) is 13.8 Å². The van der Waals surface area contributed by atoms with Gasteiger partial charge in [-0.25, -0.2) is 4.79 Å². The lowest BCUT2D eigenvalue weighted by molar-refractivity contribution is -0.114. The van der Waals surface area contributed by atoms with E-state index in [4.69, 9.17) is 21.1 Å². The number of benzene rings is 1. The van der Waals surface area contributed by atoms with Crippen LogP contribution >= 0.6 is 11.6 Å². The van der Waals surface area contributed by atoms with Crippen LogP contribution in [0.1, 0.15) is 49.0 Å². The maximum atomic E-state index is 12.8. The van der Waals surface area contributed by atoms with Gasteiger partial charge in [-0.2, -0.15) is 0 Å². The minimum atomic E-state index is -0.769. The number of ether oxygens (including phenoxy) is 2. The highest BCUT2D eigenvalue weighted by Crippen LogP contribution is 2.38. The van der Waals surface area contributed by atoms with E-state index in [0.29, 0.717) is 12.8 Å². The van der Waals surface area contributed by atoms with Crippen molar-refractivity contribution in [3.63, 3.8) is 0 Å². The Morgan fingerprint density at radius 1 is 1.19 bits per heavy atom. The first-order valence-electron chi connectivity index (χ1n) is 9.07. The molecule has 0 radical (unpaired) electrons. The van der Waals surface area contributed by atoms with Crippen LogP contribution in [0.5, 0.6) is 11.5 Å². The largest absolute Gasteiger partial charge is 0.507 e. The molecule has 27 heavy (non-hydrogen) atoms. The monoisotopic (exact) mass is 394 g/mol. The Hall–Kier alpha value is -2.05. The van der Waals surface area contributed by atoms with Gasteiger partial charge in [0, 0.05) is 24.5 Å². The highest BCUT2D eigenvalue weighted by atomic mass is 35.5. The Morgan fingerprint density at radius 3 is 2.63 bits per heavy atom. The van der Waals surface area contributed by atoms with Crippen molar-refractivity contribution in [2.75, 3.05) is 0 Å². The number of halogens is 1. The minimum Gasteiger partial charge on any atom is -0.507 e. The molecule has 0 spiro atoms. The molecule has 2 heterocycles. The van der Waals surface area contributed by atoms with E-state index >= 15 is 0 Å². The molecular formula is C20H23ClO6. The van der Waals surface area contributed by atoms with Crippen molar-refractivity contribution in [3.05, 3.63) is 34.4 Å². The quantitative estimate of drug-likeness (QED) is 0.558. The van der Waals surface area contributed by atoms with Crippen molar-refractivity contribution in [1.82, 2.24) is 0 Å². The third kappa shape index (κ3) is 4.45. The lowest BCUT2D eigenvalue weighted by Crippen LogP contribution is -2.27. The summed E-state index contributed by atoms with van der Waals surface area (Å²) in [6.07, 6.45) is 4.76. The van der Waals surface area contributed by atoms with Crippen molar-refractivity contribution >= 4 is 23.4 Å². The van der Waals surface area contributed by atoms with Crippen LogP contribution in [0, 0.1) is 5.92 Å². The number of carbonyl (C=O) groups is 2. The third-order valence-corrected chi connectivity index (χ3v) is 5.37. The fraction of sp³-hybridized carbons (Fsp3) is 0.500. The second kappa shape index (κ2) is 7.90. The van der Waals surface area contributed by atoms with Crippen molar-refractivity contribution in [1.29, 1.82) is 0 Å². The summed E-state index contributed by atoms with van der Waals surface area (Å²) in [5.41, 5.74) is -0.121. The van der Waals surface area contributed by atoms with Gasteiger partial charge in [0.05, 0.1) is 17.2 Å². The van der Waals surface area contributed by atoms with Crippen molar-refractivity contribution < 1.29 is 29.3 Å². The lowest BCUT2D eigenvalue weighted by Gasteiger charge is -2.22. The molecule has 1 aromatic rings. The van der Waals surface area contributed by atoms with Crippen molar-refractivity contribution in [2.24, 2.45) is 5.92 Å². The molecule has 0 aliphatic carbocycles. The van der Waals surface area contributed by atoms with Gasteiger partial charge < -0.3 is 19.7 Å². The van der Waals surface area contributed by atoms with E-state index in [-0.39, 0.29) is 46.5 Å². The van der Waals surface area contributed by atoms with Gasteiger partial charge in [-0.05, 0) is 24.8 Å². The standard InChI is InChI=1S/C20H23ClO6/c1-10(2)16-9-17-15(26-17)6-4-3-5-11(22)7-12-18(20(25)27-16)13(23)8-14(24)19(12)21/h3,5,8,10,15-17,23-24H,4,6-7,9H2,1-2H3/b5-3+/t15-,16+,17-/m1/s1. The molecule has 1 saturated heterocycles. The van der Waals surface area contributed by atoms with Crippen LogP contribution in [0.3, 0.4) is 0 Å². The van der Waals surface area contributed by atoms with E-state index in [1.54, 1.807) is 6.08 Å². The number of cyclic esters (lactones) is 1. The van der Waals surface area contributed by atoms with E-state index in [1.165, 1.54) is 6.08 Å². The summed E-state index contributed by atoms with van der Waals surface area (Å²) in [4.78, 5) is 25.1. The summed E-state index contributed by atoms with van der Waals surface area (Å²) in [6.45, 7) is 3.88. The number of epoxide rings is 1. The number of hydrogen-bond acceptors (Lipinski definition) is 6. The molecule has 146 valence electrons. The van der Waals surface area contributed by atoms with Gasteiger partial charge in [0.15, 0.2) is 5.78 Å². The topological polar surface area (TPSA) is 96.4 Å². The van der Waals surface area contributed by atoms with Gasteiger partial charge in [-0.3, -0.25) is 4.79 Å². The molecule has 3 atom stereocenters. The van der Waals surface area contributed by atoms with Crippen LogP contribution in [0.25, 0.3) is 0 Å². The van der Waals surface area contributed by atoms with Crippen LogP contribution < -0.4 is 0 Å². The molecule has 0 unspecified atom stereocenters. The smallest absolute Gasteiger partial charge is 0.342 e. The van der Waals surface area contributed by atoms with Crippen LogP contribution in [0.4, 0.5) is 0 Å². The van der Waals surface area contributed by atoms with Gasteiger partial charge in [0.25, 0.3) is 0 Å². The van der Waals surface area contributed by atoms with Gasteiger partial charge in [0.2, 0.25) is 0 Å². The van der Waals surface area contributed by atoms with Gasteiger partial charge in [0.1, 0.15) is 23.2 Å². The number of esters is 1. The van der Waals surface area contributed by atoms with Crippen LogP contribution in [-0.4, -0.2) is 40.3 Å². The molecule has 0 aromatic heterocycles. The number of allylic oxidation sites excluding steroid dienone is 2. The van der Waals surface area contributed by atoms with E-state index in [9.17, 15) is 19.8 Å². The third-order valence-electron chi connectivity index (χ3n) is 4.95. The zero-order valence-corrected chi connectivity index (χ0v) is 16.0.